The number of halogens is 1. The van der Waals surface area contributed by atoms with Crippen LogP contribution in [0.2, 0.25) is 0 Å². The number of fused-ring (bicyclic) bond motifs is 1. The van der Waals surface area contributed by atoms with E-state index in [0.29, 0.717) is 5.92 Å². The van der Waals surface area contributed by atoms with Crippen LogP contribution >= 0.6 is 15.9 Å². The van der Waals surface area contributed by atoms with Gasteiger partial charge in [0.2, 0.25) is 0 Å². The number of rotatable bonds is 2. The van der Waals surface area contributed by atoms with Crippen LogP contribution in [0.1, 0.15) is 42.4 Å². The third kappa shape index (κ3) is 2.55. The molecule has 104 valence electrons. The van der Waals surface area contributed by atoms with Crippen LogP contribution in [0, 0.1) is 0 Å². The summed E-state index contributed by atoms with van der Waals surface area (Å²) in [6.07, 6.45) is 3.12. The molecule has 2 unspecified atom stereocenters. The third-order valence-electron chi connectivity index (χ3n) is 4.46. The average Bonchev–Trinajstić information content (AvgIpc) is 2.44. The minimum atomic E-state index is -0.232. The molecule has 0 saturated carbocycles. The predicted octanol–water partition coefficient (Wildman–Crippen LogP) is 4.74. The topological polar surface area (TPSA) is 26.0 Å². The SMILES string of the molecule is CC1CCC(N)(Cc2cccc(Br)c2)c2ccccc21. The average molecular weight is 330 g/mol. The van der Waals surface area contributed by atoms with Crippen LogP contribution in [0.15, 0.2) is 53.0 Å². The minimum Gasteiger partial charge on any atom is -0.321 e. The Morgan fingerprint density at radius 3 is 2.80 bits per heavy atom. The van der Waals surface area contributed by atoms with E-state index < -0.39 is 0 Å². The Kier molecular flexibility index (Phi) is 3.70. The lowest BCUT2D eigenvalue weighted by Crippen LogP contribution is -2.42. The van der Waals surface area contributed by atoms with E-state index in [1.54, 1.807) is 0 Å². The van der Waals surface area contributed by atoms with Gasteiger partial charge in [-0.15, -0.1) is 0 Å². The first-order valence-electron chi connectivity index (χ1n) is 7.21. The van der Waals surface area contributed by atoms with Gasteiger partial charge in [0.25, 0.3) is 0 Å². The van der Waals surface area contributed by atoms with E-state index in [4.69, 9.17) is 5.73 Å². The second-order valence-corrected chi connectivity index (χ2v) is 6.91. The molecule has 1 aliphatic carbocycles. The molecule has 0 bridgehead atoms. The zero-order valence-corrected chi connectivity index (χ0v) is 13.4. The minimum absolute atomic E-state index is 0.232. The highest BCUT2D eigenvalue weighted by molar-refractivity contribution is 9.10. The van der Waals surface area contributed by atoms with E-state index >= 15 is 0 Å². The van der Waals surface area contributed by atoms with Gasteiger partial charge in [0, 0.05) is 10.0 Å². The van der Waals surface area contributed by atoms with Crippen molar-refractivity contribution in [3.05, 3.63) is 69.7 Å². The first-order valence-corrected chi connectivity index (χ1v) is 8.00. The van der Waals surface area contributed by atoms with Crippen LogP contribution in [-0.4, -0.2) is 0 Å². The number of benzene rings is 2. The summed E-state index contributed by atoms with van der Waals surface area (Å²) in [6, 6.07) is 17.2. The Hall–Kier alpha value is -1.12. The van der Waals surface area contributed by atoms with Crippen molar-refractivity contribution in [3.8, 4) is 0 Å². The molecule has 2 aromatic rings. The summed E-state index contributed by atoms with van der Waals surface area (Å²) in [5.74, 6) is 0.616. The van der Waals surface area contributed by atoms with Gasteiger partial charge in [0.05, 0.1) is 0 Å². The van der Waals surface area contributed by atoms with Crippen LogP contribution in [-0.2, 0) is 12.0 Å². The Balaban J connectivity index is 1.98. The summed E-state index contributed by atoms with van der Waals surface area (Å²) in [5, 5.41) is 0. The number of hydrogen-bond donors (Lipinski definition) is 1. The van der Waals surface area contributed by atoms with Crippen molar-refractivity contribution in [2.45, 2.75) is 37.6 Å². The predicted molar refractivity (Wildman–Crippen MR) is 87.8 cm³/mol. The van der Waals surface area contributed by atoms with Crippen molar-refractivity contribution in [2.24, 2.45) is 5.73 Å². The third-order valence-corrected chi connectivity index (χ3v) is 4.95. The standard InChI is InChI=1S/C18H20BrN/c1-13-9-10-18(20,17-8-3-2-7-16(13)17)12-14-5-4-6-15(19)11-14/h2-8,11,13H,9-10,12,20H2,1H3. The van der Waals surface area contributed by atoms with Gasteiger partial charge in [-0.1, -0.05) is 59.3 Å². The van der Waals surface area contributed by atoms with Crippen molar-refractivity contribution < 1.29 is 0 Å². The molecule has 1 nitrogen and oxygen atoms in total. The molecule has 0 amide bonds. The maximum Gasteiger partial charge on any atom is 0.0453 e. The van der Waals surface area contributed by atoms with Crippen molar-refractivity contribution in [2.75, 3.05) is 0 Å². The second kappa shape index (κ2) is 5.34. The van der Waals surface area contributed by atoms with E-state index in [2.05, 4.69) is 71.4 Å². The van der Waals surface area contributed by atoms with Crippen LogP contribution in [0.4, 0.5) is 0 Å². The lowest BCUT2D eigenvalue weighted by Gasteiger charge is -2.38. The fourth-order valence-electron chi connectivity index (χ4n) is 3.34. The number of hydrogen-bond acceptors (Lipinski definition) is 1. The monoisotopic (exact) mass is 329 g/mol. The lowest BCUT2D eigenvalue weighted by molar-refractivity contribution is 0.349. The van der Waals surface area contributed by atoms with Gasteiger partial charge in [-0.3, -0.25) is 0 Å². The van der Waals surface area contributed by atoms with Gasteiger partial charge in [-0.05, 0) is 54.0 Å². The molecule has 20 heavy (non-hydrogen) atoms. The molecular weight excluding hydrogens is 310 g/mol. The van der Waals surface area contributed by atoms with Crippen molar-refractivity contribution in [1.29, 1.82) is 0 Å². The molecule has 0 spiro atoms. The molecule has 0 aromatic heterocycles. The van der Waals surface area contributed by atoms with Crippen molar-refractivity contribution >= 4 is 15.9 Å². The van der Waals surface area contributed by atoms with Gasteiger partial charge in [0.1, 0.15) is 0 Å². The lowest BCUT2D eigenvalue weighted by atomic mass is 9.70. The van der Waals surface area contributed by atoms with Gasteiger partial charge < -0.3 is 5.73 Å². The Morgan fingerprint density at radius 2 is 2.00 bits per heavy atom. The molecule has 3 rings (SSSR count). The molecule has 0 saturated heterocycles. The first kappa shape index (κ1) is 13.8. The summed E-state index contributed by atoms with van der Waals surface area (Å²) in [6.45, 7) is 2.30. The molecule has 0 radical (unpaired) electrons. The highest BCUT2D eigenvalue weighted by Crippen LogP contribution is 2.41. The van der Waals surface area contributed by atoms with Crippen LogP contribution in [0.3, 0.4) is 0 Å². The summed E-state index contributed by atoms with van der Waals surface area (Å²) >= 11 is 3.55. The second-order valence-electron chi connectivity index (χ2n) is 5.99. The van der Waals surface area contributed by atoms with E-state index in [9.17, 15) is 0 Å². The first-order chi connectivity index (χ1) is 9.58. The molecule has 0 heterocycles. The molecule has 2 heteroatoms. The maximum atomic E-state index is 6.80. The van der Waals surface area contributed by atoms with Crippen LogP contribution in [0.5, 0.6) is 0 Å². The summed E-state index contributed by atoms with van der Waals surface area (Å²) in [5.41, 5.74) is 10.6. The Bertz CT molecular complexity index is 622. The van der Waals surface area contributed by atoms with Gasteiger partial charge >= 0.3 is 0 Å². The van der Waals surface area contributed by atoms with Gasteiger partial charge in [-0.2, -0.15) is 0 Å². The highest BCUT2D eigenvalue weighted by Gasteiger charge is 2.35. The van der Waals surface area contributed by atoms with E-state index in [1.807, 2.05) is 0 Å². The molecule has 2 aromatic carbocycles. The Labute approximate surface area is 129 Å². The molecule has 1 aliphatic rings. The van der Waals surface area contributed by atoms with Crippen LogP contribution < -0.4 is 5.73 Å². The normalized spacial score (nSPS) is 25.2. The van der Waals surface area contributed by atoms with Crippen LogP contribution in [0.25, 0.3) is 0 Å². The van der Waals surface area contributed by atoms with Crippen molar-refractivity contribution in [3.63, 3.8) is 0 Å². The van der Waals surface area contributed by atoms with Crippen molar-refractivity contribution in [1.82, 2.24) is 0 Å². The largest absolute Gasteiger partial charge is 0.321 e. The molecule has 0 fully saturated rings. The molecule has 2 N–H and O–H groups in total. The smallest absolute Gasteiger partial charge is 0.0453 e. The van der Waals surface area contributed by atoms with E-state index in [0.717, 1.165) is 17.3 Å². The van der Waals surface area contributed by atoms with Gasteiger partial charge in [0.15, 0.2) is 0 Å². The number of nitrogens with two attached hydrogens (primary N) is 1. The van der Waals surface area contributed by atoms with E-state index in [1.165, 1.54) is 23.1 Å². The van der Waals surface area contributed by atoms with Gasteiger partial charge in [-0.25, -0.2) is 0 Å². The Morgan fingerprint density at radius 1 is 1.20 bits per heavy atom. The summed E-state index contributed by atoms with van der Waals surface area (Å²) in [7, 11) is 0. The quantitative estimate of drug-likeness (QED) is 0.845. The zero-order valence-electron chi connectivity index (χ0n) is 11.8. The molecule has 2 atom stereocenters. The molecular formula is C18H20BrN. The zero-order chi connectivity index (χ0) is 14.2. The van der Waals surface area contributed by atoms with E-state index in [-0.39, 0.29) is 5.54 Å². The highest BCUT2D eigenvalue weighted by atomic mass is 79.9. The summed E-state index contributed by atoms with van der Waals surface area (Å²) in [4.78, 5) is 0. The summed E-state index contributed by atoms with van der Waals surface area (Å²) < 4.78 is 1.12. The fraction of sp³-hybridized carbons (Fsp3) is 0.333. The molecule has 0 aliphatic heterocycles. The maximum absolute atomic E-state index is 6.80. The fourth-order valence-corrected chi connectivity index (χ4v) is 3.79.